The van der Waals surface area contributed by atoms with E-state index in [0.29, 0.717) is 12.5 Å². The van der Waals surface area contributed by atoms with Crippen LogP contribution in [0.2, 0.25) is 0 Å². The Balaban J connectivity index is 1.37. The predicted octanol–water partition coefficient (Wildman–Crippen LogP) is 5.67. The van der Waals surface area contributed by atoms with Crippen molar-refractivity contribution in [1.29, 1.82) is 0 Å². The first-order valence-corrected chi connectivity index (χ1v) is 13.1. The molecule has 3 aliphatic rings. The zero-order valence-electron chi connectivity index (χ0n) is 19.1. The number of carbonyl (C=O) groups excluding carboxylic acids is 1. The molecule has 174 valence electrons. The second kappa shape index (κ2) is 10.3. The van der Waals surface area contributed by atoms with Crippen LogP contribution in [0.3, 0.4) is 0 Å². The second-order valence-electron chi connectivity index (χ2n) is 10.1. The summed E-state index contributed by atoms with van der Waals surface area (Å²) in [7, 11) is 0. The first kappa shape index (κ1) is 23.1. The van der Waals surface area contributed by atoms with E-state index in [4.69, 9.17) is 14.0 Å². The van der Waals surface area contributed by atoms with Crippen LogP contribution >= 0.6 is 11.8 Å². The molecule has 1 unspecified atom stereocenters. The SMILES string of the molecule is CC(C)(SCC1CCC1)C(=O)Nc1cc(C2(COC3CCCCO3)CCCCC2)no1. The first-order valence-electron chi connectivity index (χ1n) is 12.1. The van der Waals surface area contributed by atoms with E-state index in [1.54, 1.807) is 11.8 Å². The van der Waals surface area contributed by atoms with E-state index < -0.39 is 4.75 Å². The van der Waals surface area contributed by atoms with Crippen molar-refractivity contribution in [2.45, 2.75) is 101 Å². The molecule has 2 aliphatic carbocycles. The lowest BCUT2D eigenvalue weighted by Crippen LogP contribution is -2.37. The van der Waals surface area contributed by atoms with Crippen LogP contribution in [0.15, 0.2) is 10.6 Å². The number of nitrogens with one attached hydrogen (secondary N) is 1. The van der Waals surface area contributed by atoms with Gasteiger partial charge in [0.15, 0.2) is 6.29 Å². The fourth-order valence-electron chi connectivity index (χ4n) is 4.70. The summed E-state index contributed by atoms with van der Waals surface area (Å²) >= 11 is 1.74. The number of carbonyl (C=O) groups is 1. The van der Waals surface area contributed by atoms with Gasteiger partial charge >= 0.3 is 0 Å². The van der Waals surface area contributed by atoms with Gasteiger partial charge in [-0.2, -0.15) is 0 Å². The van der Waals surface area contributed by atoms with E-state index >= 15 is 0 Å². The molecule has 0 bridgehead atoms. The van der Waals surface area contributed by atoms with Crippen molar-refractivity contribution < 1.29 is 18.8 Å². The molecule has 7 heteroatoms. The van der Waals surface area contributed by atoms with E-state index in [2.05, 4.69) is 10.5 Å². The number of rotatable bonds is 9. The average molecular weight is 451 g/mol. The number of hydrogen-bond donors (Lipinski definition) is 1. The normalized spacial score (nSPS) is 24.5. The molecule has 1 amide bonds. The maximum Gasteiger partial charge on any atom is 0.242 e. The summed E-state index contributed by atoms with van der Waals surface area (Å²) in [4.78, 5) is 12.9. The zero-order valence-corrected chi connectivity index (χ0v) is 19.9. The maximum absolute atomic E-state index is 12.9. The lowest BCUT2D eigenvalue weighted by molar-refractivity contribution is -0.174. The van der Waals surface area contributed by atoms with Crippen LogP contribution in [-0.4, -0.2) is 41.1 Å². The van der Waals surface area contributed by atoms with E-state index in [9.17, 15) is 4.79 Å². The summed E-state index contributed by atoms with van der Waals surface area (Å²) in [6, 6.07) is 1.92. The summed E-state index contributed by atoms with van der Waals surface area (Å²) < 4.78 is 17.1. The summed E-state index contributed by atoms with van der Waals surface area (Å²) in [5, 5.41) is 7.36. The van der Waals surface area contributed by atoms with Crippen molar-refractivity contribution in [3.8, 4) is 0 Å². The molecule has 0 spiro atoms. The summed E-state index contributed by atoms with van der Waals surface area (Å²) in [6.45, 7) is 5.36. The molecule has 3 fully saturated rings. The van der Waals surface area contributed by atoms with Crippen molar-refractivity contribution in [3.63, 3.8) is 0 Å². The van der Waals surface area contributed by atoms with E-state index in [1.165, 1.54) is 25.7 Å². The zero-order chi connectivity index (χ0) is 21.7. The molecule has 31 heavy (non-hydrogen) atoms. The molecule has 1 atom stereocenters. The molecule has 6 nitrogen and oxygen atoms in total. The molecule has 0 aromatic carbocycles. The number of nitrogens with zero attached hydrogens (tertiary/aromatic N) is 1. The molecule has 1 aliphatic heterocycles. The number of thioether (sulfide) groups is 1. The number of anilines is 1. The van der Waals surface area contributed by atoms with Gasteiger partial charge in [0.05, 0.1) is 17.0 Å². The summed E-state index contributed by atoms with van der Waals surface area (Å²) in [5.74, 6) is 2.24. The van der Waals surface area contributed by atoms with Gasteiger partial charge in [-0.1, -0.05) is 30.8 Å². The van der Waals surface area contributed by atoms with Crippen LogP contribution in [0.4, 0.5) is 5.88 Å². The van der Waals surface area contributed by atoms with Gasteiger partial charge in [-0.15, -0.1) is 11.8 Å². The van der Waals surface area contributed by atoms with Crippen LogP contribution in [-0.2, 0) is 19.7 Å². The fourth-order valence-corrected chi connectivity index (χ4v) is 5.86. The number of hydrogen-bond acceptors (Lipinski definition) is 6. The van der Waals surface area contributed by atoms with E-state index in [-0.39, 0.29) is 17.6 Å². The first-order chi connectivity index (χ1) is 15.0. The molecule has 1 saturated heterocycles. The third-order valence-electron chi connectivity index (χ3n) is 7.24. The van der Waals surface area contributed by atoms with Gasteiger partial charge in [0.2, 0.25) is 11.8 Å². The summed E-state index contributed by atoms with van der Waals surface area (Å²) in [6.07, 6.45) is 12.7. The topological polar surface area (TPSA) is 73.6 Å². The predicted molar refractivity (Wildman–Crippen MR) is 123 cm³/mol. The molecule has 2 heterocycles. The Kier molecular flexibility index (Phi) is 7.65. The molecular weight excluding hydrogens is 412 g/mol. The Morgan fingerprint density at radius 3 is 2.68 bits per heavy atom. The molecular formula is C24H38N2O4S. The van der Waals surface area contributed by atoms with Gasteiger partial charge in [0.1, 0.15) is 0 Å². The molecule has 0 radical (unpaired) electrons. The quantitative estimate of drug-likeness (QED) is 0.522. The Hall–Kier alpha value is -1.05. The Morgan fingerprint density at radius 2 is 2.00 bits per heavy atom. The third kappa shape index (κ3) is 5.85. The smallest absolute Gasteiger partial charge is 0.242 e. The Labute approximate surface area is 190 Å². The van der Waals surface area contributed by atoms with Crippen LogP contribution in [0.25, 0.3) is 0 Å². The van der Waals surface area contributed by atoms with Crippen molar-refractivity contribution in [3.05, 3.63) is 11.8 Å². The highest BCUT2D eigenvalue weighted by molar-refractivity contribution is 8.01. The monoisotopic (exact) mass is 450 g/mol. The van der Waals surface area contributed by atoms with Crippen LogP contribution in [0, 0.1) is 5.92 Å². The van der Waals surface area contributed by atoms with Crippen LogP contribution in [0.1, 0.15) is 90.2 Å². The maximum atomic E-state index is 12.9. The van der Waals surface area contributed by atoms with Gasteiger partial charge in [-0.25, -0.2) is 0 Å². The fraction of sp³-hybridized carbons (Fsp3) is 0.833. The van der Waals surface area contributed by atoms with Crippen LogP contribution < -0.4 is 5.32 Å². The second-order valence-corrected chi connectivity index (χ2v) is 11.7. The van der Waals surface area contributed by atoms with Crippen molar-refractivity contribution >= 4 is 23.6 Å². The van der Waals surface area contributed by atoms with E-state index in [0.717, 1.165) is 68.9 Å². The minimum Gasteiger partial charge on any atom is -0.353 e. The van der Waals surface area contributed by atoms with Gasteiger partial charge in [0.25, 0.3) is 0 Å². The Morgan fingerprint density at radius 1 is 1.19 bits per heavy atom. The number of aromatic nitrogens is 1. The molecule has 2 saturated carbocycles. The highest BCUT2D eigenvalue weighted by Crippen LogP contribution is 2.41. The average Bonchev–Trinajstić information content (AvgIpc) is 3.22. The van der Waals surface area contributed by atoms with E-state index in [1.807, 2.05) is 19.9 Å². The summed E-state index contributed by atoms with van der Waals surface area (Å²) in [5.41, 5.74) is 0.748. The molecule has 1 aromatic rings. The standard InChI is InChI=1S/C24H38N2O4S/c1-23(2,31-16-18-9-8-10-18)22(27)25-20-15-19(26-30-20)24(12-5-3-6-13-24)17-29-21-11-4-7-14-28-21/h15,18,21H,3-14,16-17H2,1-2H3,(H,25,27). The van der Waals surface area contributed by atoms with Gasteiger partial charge in [0, 0.05) is 18.1 Å². The highest BCUT2D eigenvalue weighted by Gasteiger charge is 2.39. The molecule has 1 aromatic heterocycles. The Bertz CT molecular complexity index is 719. The lowest BCUT2D eigenvalue weighted by Gasteiger charge is -2.36. The van der Waals surface area contributed by atoms with Gasteiger partial charge in [-0.3, -0.25) is 10.1 Å². The minimum absolute atomic E-state index is 0.0240. The van der Waals surface area contributed by atoms with Crippen LogP contribution in [0.5, 0.6) is 0 Å². The third-order valence-corrected chi connectivity index (χ3v) is 8.78. The lowest BCUT2D eigenvalue weighted by atomic mass is 9.72. The number of amides is 1. The number of ether oxygens (including phenoxy) is 2. The van der Waals surface area contributed by atoms with Crippen molar-refractivity contribution in [1.82, 2.24) is 5.16 Å². The van der Waals surface area contributed by atoms with Gasteiger partial charge < -0.3 is 14.0 Å². The largest absolute Gasteiger partial charge is 0.353 e. The van der Waals surface area contributed by atoms with Crippen molar-refractivity contribution in [2.24, 2.45) is 5.92 Å². The highest BCUT2D eigenvalue weighted by atomic mass is 32.2. The molecule has 1 N–H and O–H groups in total. The van der Waals surface area contributed by atoms with Crippen molar-refractivity contribution in [2.75, 3.05) is 24.3 Å². The molecule has 4 rings (SSSR count). The minimum atomic E-state index is -0.494. The van der Waals surface area contributed by atoms with Gasteiger partial charge in [-0.05, 0) is 70.5 Å².